The molecular weight excluding hydrogens is 284 g/mol. The van der Waals surface area contributed by atoms with Crippen molar-refractivity contribution in [1.82, 2.24) is 0 Å². The van der Waals surface area contributed by atoms with Crippen molar-refractivity contribution in [2.24, 2.45) is 0 Å². The molecule has 1 aromatic carbocycles. The van der Waals surface area contributed by atoms with Crippen LogP contribution in [0.3, 0.4) is 0 Å². The average molecular weight is 307 g/mol. The summed E-state index contributed by atoms with van der Waals surface area (Å²) < 4.78 is 1.29. The summed E-state index contributed by atoms with van der Waals surface area (Å²) >= 11 is 3.74. The summed E-state index contributed by atoms with van der Waals surface area (Å²) in [5.74, 6) is 0. The fourth-order valence-electron chi connectivity index (χ4n) is 2.85. The zero-order valence-electron chi connectivity index (χ0n) is 11.6. The van der Waals surface area contributed by atoms with Crippen LogP contribution in [0.5, 0.6) is 0 Å². The Morgan fingerprint density at radius 3 is 2.50 bits per heavy atom. The first kappa shape index (κ1) is 13.9. The maximum absolute atomic E-state index is 3.74. The van der Waals surface area contributed by atoms with E-state index in [0.29, 0.717) is 0 Å². The van der Waals surface area contributed by atoms with Crippen molar-refractivity contribution in [2.45, 2.75) is 58.8 Å². The maximum Gasteiger partial charge on any atom is 0.0253 e. The number of hydrogen-bond acceptors (Lipinski definition) is 0. The van der Waals surface area contributed by atoms with Gasteiger partial charge in [-0.25, -0.2) is 0 Å². The number of rotatable bonds is 6. The third-order valence-electron chi connectivity index (χ3n) is 3.84. The molecule has 2 rings (SSSR count). The highest BCUT2D eigenvalue weighted by Crippen LogP contribution is 2.41. The van der Waals surface area contributed by atoms with E-state index < -0.39 is 0 Å². The molecule has 0 nitrogen and oxygen atoms in total. The van der Waals surface area contributed by atoms with Crippen LogP contribution in [0.2, 0.25) is 0 Å². The standard InChI is InChI=1S/C17H23Br/c1-3-5-8-13-12-14-9-7-11-16(18)17(14)15(13)10-6-4-2/h7,9,11H,3-6,8,10,12H2,1-2H3. The lowest BCUT2D eigenvalue weighted by Gasteiger charge is -2.09. The molecule has 0 N–H and O–H groups in total. The van der Waals surface area contributed by atoms with Crippen molar-refractivity contribution in [3.05, 3.63) is 39.4 Å². The van der Waals surface area contributed by atoms with Gasteiger partial charge in [0.2, 0.25) is 0 Å². The maximum atomic E-state index is 3.74. The summed E-state index contributed by atoms with van der Waals surface area (Å²) in [5.41, 5.74) is 6.39. The number of halogens is 1. The SMILES string of the molecule is CCCCC1=C(CCCC)c2c(Br)cccc2C1. The van der Waals surface area contributed by atoms with Crippen molar-refractivity contribution in [1.29, 1.82) is 0 Å². The van der Waals surface area contributed by atoms with Gasteiger partial charge < -0.3 is 0 Å². The Kier molecular flexibility index (Phi) is 5.05. The van der Waals surface area contributed by atoms with E-state index in [1.54, 1.807) is 11.1 Å². The fourth-order valence-corrected chi connectivity index (χ4v) is 3.50. The molecule has 1 heteroatoms. The van der Waals surface area contributed by atoms with Gasteiger partial charge in [-0.05, 0) is 54.9 Å². The van der Waals surface area contributed by atoms with Crippen LogP contribution in [0, 0.1) is 0 Å². The summed E-state index contributed by atoms with van der Waals surface area (Å²) in [5, 5.41) is 0. The zero-order valence-corrected chi connectivity index (χ0v) is 13.1. The number of allylic oxidation sites excluding steroid dienone is 2. The second-order valence-electron chi connectivity index (χ2n) is 5.24. The normalized spacial score (nSPS) is 14.2. The van der Waals surface area contributed by atoms with Crippen molar-refractivity contribution < 1.29 is 0 Å². The van der Waals surface area contributed by atoms with Gasteiger partial charge in [-0.15, -0.1) is 0 Å². The van der Waals surface area contributed by atoms with Crippen LogP contribution in [-0.2, 0) is 6.42 Å². The van der Waals surface area contributed by atoms with Crippen LogP contribution in [0.25, 0.3) is 5.57 Å². The average Bonchev–Trinajstić information content (AvgIpc) is 2.73. The van der Waals surface area contributed by atoms with E-state index in [1.165, 1.54) is 60.5 Å². The molecule has 0 spiro atoms. The molecule has 0 saturated heterocycles. The van der Waals surface area contributed by atoms with E-state index in [-0.39, 0.29) is 0 Å². The molecule has 0 unspecified atom stereocenters. The first-order valence-corrected chi connectivity index (χ1v) is 8.05. The van der Waals surface area contributed by atoms with Gasteiger partial charge in [-0.1, -0.05) is 60.3 Å². The predicted molar refractivity (Wildman–Crippen MR) is 83.8 cm³/mol. The highest BCUT2D eigenvalue weighted by molar-refractivity contribution is 9.10. The summed E-state index contributed by atoms with van der Waals surface area (Å²) in [4.78, 5) is 0. The summed E-state index contributed by atoms with van der Waals surface area (Å²) in [6.45, 7) is 4.56. The van der Waals surface area contributed by atoms with Crippen molar-refractivity contribution in [2.75, 3.05) is 0 Å². The van der Waals surface area contributed by atoms with E-state index in [0.717, 1.165) is 0 Å². The molecule has 0 saturated carbocycles. The van der Waals surface area contributed by atoms with E-state index in [2.05, 4.69) is 48.0 Å². The molecule has 98 valence electrons. The second-order valence-corrected chi connectivity index (χ2v) is 6.09. The van der Waals surface area contributed by atoms with Crippen LogP contribution in [-0.4, -0.2) is 0 Å². The highest BCUT2D eigenvalue weighted by Gasteiger charge is 2.22. The van der Waals surface area contributed by atoms with Gasteiger partial charge in [0.15, 0.2) is 0 Å². The van der Waals surface area contributed by atoms with Crippen molar-refractivity contribution >= 4 is 21.5 Å². The molecule has 1 aliphatic carbocycles. The van der Waals surface area contributed by atoms with Gasteiger partial charge in [0.1, 0.15) is 0 Å². The van der Waals surface area contributed by atoms with E-state index >= 15 is 0 Å². The van der Waals surface area contributed by atoms with Gasteiger partial charge in [0, 0.05) is 4.47 Å². The van der Waals surface area contributed by atoms with E-state index in [4.69, 9.17) is 0 Å². The van der Waals surface area contributed by atoms with Gasteiger partial charge in [0.25, 0.3) is 0 Å². The lowest BCUT2D eigenvalue weighted by Crippen LogP contribution is -1.88. The van der Waals surface area contributed by atoms with Gasteiger partial charge in [-0.3, -0.25) is 0 Å². The Morgan fingerprint density at radius 1 is 1.06 bits per heavy atom. The Balaban J connectivity index is 2.29. The molecule has 0 radical (unpaired) electrons. The van der Waals surface area contributed by atoms with Crippen LogP contribution >= 0.6 is 15.9 Å². The topological polar surface area (TPSA) is 0 Å². The highest BCUT2D eigenvalue weighted by atomic mass is 79.9. The molecule has 0 fully saturated rings. The Morgan fingerprint density at radius 2 is 1.78 bits per heavy atom. The molecular formula is C17H23Br. The monoisotopic (exact) mass is 306 g/mol. The molecule has 1 aliphatic rings. The first-order chi connectivity index (χ1) is 8.77. The van der Waals surface area contributed by atoms with Gasteiger partial charge >= 0.3 is 0 Å². The molecule has 0 aromatic heterocycles. The third-order valence-corrected chi connectivity index (χ3v) is 4.51. The number of fused-ring (bicyclic) bond motifs is 1. The lowest BCUT2D eigenvalue weighted by atomic mass is 9.98. The van der Waals surface area contributed by atoms with Crippen molar-refractivity contribution in [3.8, 4) is 0 Å². The third kappa shape index (κ3) is 2.88. The Hall–Kier alpha value is -0.560. The molecule has 18 heavy (non-hydrogen) atoms. The number of benzene rings is 1. The first-order valence-electron chi connectivity index (χ1n) is 7.26. The van der Waals surface area contributed by atoms with Gasteiger partial charge in [0.05, 0.1) is 0 Å². The lowest BCUT2D eigenvalue weighted by molar-refractivity contribution is 0.769. The fraction of sp³-hybridized carbons (Fsp3) is 0.529. The number of unbranched alkanes of at least 4 members (excludes halogenated alkanes) is 2. The van der Waals surface area contributed by atoms with Gasteiger partial charge in [-0.2, -0.15) is 0 Å². The minimum atomic E-state index is 1.19. The Bertz CT molecular complexity index is 443. The molecule has 0 heterocycles. The zero-order chi connectivity index (χ0) is 13.0. The van der Waals surface area contributed by atoms with E-state index in [9.17, 15) is 0 Å². The minimum Gasteiger partial charge on any atom is -0.0654 e. The van der Waals surface area contributed by atoms with Crippen LogP contribution in [0.1, 0.15) is 63.5 Å². The van der Waals surface area contributed by atoms with E-state index in [1.807, 2.05) is 0 Å². The smallest absolute Gasteiger partial charge is 0.0253 e. The molecule has 1 aromatic rings. The van der Waals surface area contributed by atoms with Crippen LogP contribution in [0.4, 0.5) is 0 Å². The molecule has 0 aliphatic heterocycles. The molecule has 0 amide bonds. The largest absolute Gasteiger partial charge is 0.0654 e. The summed E-state index contributed by atoms with van der Waals surface area (Å²) in [7, 11) is 0. The predicted octanol–water partition coefficient (Wildman–Crippen LogP) is 6.14. The molecule has 0 atom stereocenters. The quantitative estimate of drug-likeness (QED) is 0.592. The number of hydrogen-bond donors (Lipinski definition) is 0. The van der Waals surface area contributed by atoms with Crippen LogP contribution in [0.15, 0.2) is 28.2 Å². The van der Waals surface area contributed by atoms with Crippen LogP contribution < -0.4 is 0 Å². The summed E-state index contributed by atoms with van der Waals surface area (Å²) in [6, 6.07) is 6.65. The second kappa shape index (κ2) is 6.56. The minimum absolute atomic E-state index is 1.19. The molecule has 0 bridgehead atoms. The summed E-state index contributed by atoms with van der Waals surface area (Å²) in [6.07, 6.45) is 8.95. The Labute approximate surface area is 120 Å². The van der Waals surface area contributed by atoms with Crippen molar-refractivity contribution in [3.63, 3.8) is 0 Å².